The summed E-state index contributed by atoms with van der Waals surface area (Å²) < 4.78 is 5.56. The van der Waals surface area contributed by atoms with Gasteiger partial charge in [-0.25, -0.2) is 9.96 Å². The van der Waals surface area contributed by atoms with Gasteiger partial charge < -0.3 is 4.74 Å². The van der Waals surface area contributed by atoms with Crippen molar-refractivity contribution in [1.29, 1.82) is 0 Å². The highest BCUT2D eigenvalue weighted by molar-refractivity contribution is 6.36. The predicted molar refractivity (Wildman–Crippen MR) is 122 cm³/mol. The van der Waals surface area contributed by atoms with E-state index in [4.69, 9.17) is 21.2 Å². The molecule has 2 aliphatic rings. The normalized spacial score (nSPS) is 22.4. The summed E-state index contributed by atoms with van der Waals surface area (Å²) in [6, 6.07) is 23.4. The number of carbonyl (C=O) groups is 2. The predicted octanol–water partition coefficient (Wildman–Crippen LogP) is 4.79. The zero-order valence-corrected chi connectivity index (χ0v) is 18.1. The molecule has 3 atom stereocenters. The number of halogens is 1. The number of rotatable bonds is 5. The Labute approximate surface area is 190 Å². The highest BCUT2D eigenvalue weighted by atomic mass is 35.5. The van der Waals surface area contributed by atoms with Gasteiger partial charge in [-0.2, -0.15) is 0 Å². The Morgan fingerprint density at radius 1 is 0.906 bits per heavy atom. The first-order valence-corrected chi connectivity index (χ1v) is 10.8. The molecule has 7 heteroatoms. The molecule has 5 rings (SSSR count). The lowest BCUT2D eigenvalue weighted by atomic mass is 9.90. The largest absolute Gasteiger partial charge is 0.494 e. The van der Waals surface area contributed by atoms with Gasteiger partial charge in [0.25, 0.3) is 5.91 Å². The highest BCUT2D eigenvalue weighted by Gasteiger charge is 2.60. The molecule has 0 radical (unpaired) electrons. The topological polar surface area (TPSA) is 59.1 Å². The van der Waals surface area contributed by atoms with E-state index in [-0.39, 0.29) is 5.91 Å². The monoisotopic (exact) mass is 448 g/mol. The number of anilines is 2. The minimum Gasteiger partial charge on any atom is -0.494 e. The van der Waals surface area contributed by atoms with Crippen molar-refractivity contribution < 1.29 is 19.2 Å². The summed E-state index contributed by atoms with van der Waals surface area (Å²) >= 11 is 6.31. The van der Waals surface area contributed by atoms with Gasteiger partial charge in [-0.15, -0.1) is 0 Å². The van der Waals surface area contributed by atoms with E-state index in [9.17, 15) is 9.59 Å². The van der Waals surface area contributed by atoms with Crippen molar-refractivity contribution in [3.8, 4) is 5.75 Å². The Morgan fingerprint density at radius 3 is 2.28 bits per heavy atom. The summed E-state index contributed by atoms with van der Waals surface area (Å²) in [7, 11) is 0. The van der Waals surface area contributed by atoms with Gasteiger partial charge in [0.1, 0.15) is 11.7 Å². The van der Waals surface area contributed by atoms with E-state index in [1.165, 1.54) is 0 Å². The number of hydroxylamine groups is 1. The van der Waals surface area contributed by atoms with Gasteiger partial charge in [0.05, 0.1) is 29.0 Å². The number of fused-ring (bicyclic) bond motifs is 1. The van der Waals surface area contributed by atoms with Crippen molar-refractivity contribution in [2.45, 2.75) is 19.1 Å². The summed E-state index contributed by atoms with van der Waals surface area (Å²) in [6.07, 6.45) is -0.935. The summed E-state index contributed by atoms with van der Waals surface area (Å²) in [5, 5.41) is 2.01. The first kappa shape index (κ1) is 20.5. The quantitative estimate of drug-likeness (QED) is 0.525. The molecule has 2 saturated heterocycles. The van der Waals surface area contributed by atoms with Gasteiger partial charge in [0.15, 0.2) is 6.10 Å². The molecule has 0 aromatic heterocycles. The molecule has 162 valence electrons. The van der Waals surface area contributed by atoms with Gasteiger partial charge in [-0.3, -0.25) is 14.4 Å². The van der Waals surface area contributed by atoms with Crippen molar-refractivity contribution in [3.05, 3.63) is 89.4 Å². The molecule has 0 spiro atoms. The fourth-order valence-electron chi connectivity index (χ4n) is 4.35. The van der Waals surface area contributed by atoms with E-state index < -0.39 is 24.0 Å². The third-order valence-corrected chi connectivity index (χ3v) is 6.07. The number of imide groups is 1. The molecular formula is C25H21ClN2O4. The van der Waals surface area contributed by atoms with Crippen LogP contribution in [0.2, 0.25) is 5.02 Å². The summed E-state index contributed by atoms with van der Waals surface area (Å²) in [5.41, 5.74) is 2.00. The Morgan fingerprint density at radius 2 is 1.59 bits per heavy atom. The molecule has 6 nitrogen and oxygen atoms in total. The van der Waals surface area contributed by atoms with Gasteiger partial charge in [-0.05, 0) is 48.9 Å². The summed E-state index contributed by atoms with van der Waals surface area (Å²) in [6.45, 7) is 2.49. The Hall–Kier alpha value is -3.35. The zero-order chi connectivity index (χ0) is 22.2. The average molecular weight is 449 g/mol. The van der Waals surface area contributed by atoms with Crippen molar-refractivity contribution in [1.82, 2.24) is 0 Å². The number of benzene rings is 3. The van der Waals surface area contributed by atoms with Gasteiger partial charge in [-0.1, -0.05) is 54.1 Å². The average Bonchev–Trinajstić information content (AvgIpc) is 3.32. The van der Waals surface area contributed by atoms with Crippen LogP contribution < -0.4 is 14.7 Å². The van der Waals surface area contributed by atoms with Gasteiger partial charge in [0.2, 0.25) is 5.91 Å². The SMILES string of the molecule is CCOc1ccc([C@H]2[C@H]3C(=O)N(c4ccccc4Cl)C(=O)[C@@H]3ON2c2ccccc2)cc1. The number of nitrogens with zero attached hydrogens (tertiary/aromatic N) is 2. The highest BCUT2D eigenvalue weighted by Crippen LogP contribution is 2.48. The van der Waals surface area contributed by atoms with Crippen LogP contribution in [0.1, 0.15) is 18.5 Å². The van der Waals surface area contributed by atoms with Gasteiger partial charge in [0, 0.05) is 0 Å². The second kappa shape index (κ2) is 8.30. The van der Waals surface area contributed by atoms with Crippen LogP contribution in [0.4, 0.5) is 11.4 Å². The molecule has 2 amide bonds. The van der Waals surface area contributed by atoms with Gasteiger partial charge >= 0.3 is 0 Å². The Bertz CT molecular complexity index is 1150. The number of amides is 2. The van der Waals surface area contributed by atoms with E-state index in [2.05, 4.69) is 0 Å². The van der Waals surface area contributed by atoms with Crippen LogP contribution >= 0.6 is 11.6 Å². The molecule has 0 unspecified atom stereocenters. The lowest BCUT2D eigenvalue weighted by molar-refractivity contribution is -0.126. The summed E-state index contributed by atoms with van der Waals surface area (Å²) in [4.78, 5) is 34.2. The van der Waals surface area contributed by atoms with Crippen LogP contribution in [0.5, 0.6) is 5.75 Å². The smallest absolute Gasteiger partial charge is 0.266 e. The van der Waals surface area contributed by atoms with Crippen LogP contribution in [0, 0.1) is 5.92 Å². The van der Waals surface area contributed by atoms with Crippen LogP contribution in [0.15, 0.2) is 78.9 Å². The second-order valence-electron chi connectivity index (χ2n) is 7.62. The van der Waals surface area contributed by atoms with Crippen LogP contribution in [-0.2, 0) is 14.4 Å². The fourth-order valence-corrected chi connectivity index (χ4v) is 4.57. The van der Waals surface area contributed by atoms with E-state index in [0.717, 1.165) is 21.9 Å². The molecule has 32 heavy (non-hydrogen) atoms. The summed E-state index contributed by atoms with van der Waals surface area (Å²) in [5.74, 6) is -0.714. The second-order valence-corrected chi connectivity index (χ2v) is 8.03. The number of para-hydroxylation sites is 2. The maximum absolute atomic E-state index is 13.6. The lowest BCUT2D eigenvalue weighted by Crippen LogP contribution is -2.37. The van der Waals surface area contributed by atoms with Crippen LogP contribution in [-0.4, -0.2) is 24.5 Å². The van der Waals surface area contributed by atoms with Crippen LogP contribution in [0.25, 0.3) is 0 Å². The maximum Gasteiger partial charge on any atom is 0.266 e. The molecule has 3 aromatic carbocycles. The Balaban J connectivity index is 1.57. The Kier molecular flexibility index (Phi) is 5.33. The maximum atomic E-state index is 13.6. The molecule has 2 fully saturated rings. The van der Waals surface area contributed by atoms with E-state index >= 15 is 0 Å². The van der Waals surface area contributed by atoms with E-state index in [0.29, 0.717) is 17.3 Å². The van der Waals surface area contributed by atoms with Crippen molar-refractivity contribution >= 4 is 34.8 Å². The van der Waals surface area contributed by atoms with Crippen molar-refractivity contribution in [3.63, 3.8) is 0 Å². The number of hydrogen-bond acceptors (Lipinski definition) is 5. The van der Waals surface area contributed by atoms with Crippen molar-refractivity contribution in [2.75, 3.05) is 16.6 Å². The first-order valence-electron chi connectivity index (χ1n) is 10.5. The number of hydrogen-bond donors (Lipinski definition) is 0. The minimum absolute atomic E-state index is 0.328. The first-order chi connectivity index (χ1) is 15.6. The van der Waals surface area contributed by atoms with Crippen LogP contribution in [0.3, 0.4) is 0 Å². The number of ether oxygens (including phenoxy) is 1. The molecule has 0 saturated carbocycles. The fraction of sp³-hybridized carbons (Fsp3) is 0.200. The molecule has 0 N–H and O–H groups in total. The molecule has 0 bridgehead atoms. The molecule has 0 aliphatic carbocycles. The standard InChI is InChI=1S/C25H21ClN2O4/c1-2-31-18-14-12-16(13-15-18)22-21-23(32-28(22)17-8-4-3-5-9-17)25(30)27(24(21)29)20-11-7-6-10-19(20)26/h3-15,21-23H,2H2,1H3/t21-,22+,23-/m1/s1. The molecular weight excluding hydrogens is 428 g/mol. The van der Waals surface area contributed by atoms with E-state index in [1.54, 1.807) is 29.3 Å². The molecule has 2 aliphatic heterocycles. The third-order valence-electron chi connectivity index (χ3n) is 5.75. The molecule has 2 heterocycles. The minimum atomic E-state index is -0.935. The molecule has 3 aromatic rings. The number of carbonyl (C=O) groups excluding carboxylic acids is 2. The van der Waals surface area contributed by atoms with E-state index in [1.807, 2.05) is 61.5 Å². The van der Waals surface area contributed by atoms with Crippen molar-refractivity contribution in [2.24, 2.45) is 5.92 Å². The zero-order valence-electron chi connectivity index (χ0n) is 17.4. The third kappa shape index (κ3) is 3.32. The lowest BCUT2D eigenvalue weighted by Gasteiger charge is -2.29.